The van der Waals surface area contributed by atoms with Gasteiger partial charge in [0.25, 0.3) is 0 Å². The second kappa shape index (κ2) is 7.18. The van der Waals surface area contributed by atoms with Crippen molar-refractivity contribution in [1.82, 2.24) is 5.32 Å². The van der Waals surface area contributed by atoms with Gasteiger partial charge in [-0.15, -0.1) is 0 Å². The van der Waals surface area contributed by atoms with E-state index in [4.69, 9.17) is 16.3 Å². The summed E-state index contributed by atoms with van der Waals surface area (Å²) in [5.74, 6) is 0.646. The zero-order valence-corrected chi connectivity index (χ0v) is 13.6. The molecule has 0 spiro atoms. The Morgan fingerprint density at radius 2 is 1.68 bits per heavy atom. The number of carbonyl (C=O) groups excluding carboxylic acids is 1. The van der Waals surface area contributed by atoms with Crippen molar-refractivity contribution in [3.05, 3.63) is 58.1 Å². The molecular weight excluding hydrogens is 300 g/mol. The van der Waals surface area contributed by atoms with Crippen LogP contribution in [0.4, 0.5) is 10.5 Å². The van der Waals surface area contributed by atoms with E-state index >= 15 is 0 Å². The van der Waals surface area contributed by atoms with Crippen molar-refractivity contribution in [2.75, 3.05) is 12.0 Å². The topological polar surface area (TPSA) is 50.4 Å². The first-order valence-corrected chi connectivity index (χ1v) is 7.34. The molecule has 0 aliphatic heterocycles. The third kappa shape index (κ3) is 4.40. The van der Waals surface area contributed by atoms with E-state index in [0.717, 1.165) is 16.8 Å². The number of nitrogens with one attached hydrogen (secondary N) is 2. The van der Waals surface area contributed by atoms with Gasteiger partial charge in [0, 0.05) is 10.7 Å². The van der Waals surface area contributed by atoms with Crippen LogP contribution in [0.3, 0.4) is 0 Å². The maximum absolute atomic E-state index is 11.9. The van der Waals surface area contributed by atoms with E-state index in [1.54, 1.807) is 24.3 Å². The molecule has 0 saturated carbocycles. The molecule has 4 nitrogen and oxygen atoms in total. The third-order valence-electron chi connectivity index (χ3n) is 3.20. The molecule has 5 heteroatoms. The Kier molecular flexibility index (Phi) is 5.28. The van der Waals surface area contributed by atoms with Crippen molar-refractivity contribution in [2.24, 2.45) is 0 Å². The van der Waals surface area contributed by atoms with Gasteiger partial charge in [0.15, 0.2) is 6.73 Å². The van der Waals surface area contributed by atoms with Crippen LogP contribution in [0, 0.1) is 20.8 Å². The molecule has 2 aromatic rings. The van der Waals surface area contributed by atoms with Gasteiger partial charge in [-0.05, 0) is 56.2 Å². The maximum atomic E-state index is 11.9. The molecule has 116 valence electrons. The van der Waals surface area contributed by atoms with Gasteiger partial charge in [0.05, 0.1) is 0 Å². The number of hydrogen-bond acceptors (Lipinski definition) is 2. The summed E-state index contributed by atoms with van der Waals surface area (Å²) in [7, 11) is 0. The first kappa shape index (κ1) is 16.2. The zero-order valence-electron chi connectivity index (χ0n) is 12.9. The number of aryl methyl sites for hydroxylation is 3. The lowest BCUT2D eigenvalue weighted by Gasteiger charge is -2.14. The highest BCUT2D eigenvalue weighted by molar-refractivity contribution is 6.30. The van der Waals surface area contributed by atoms with E-state index < -0.39 is 0 Å². The van der Waals surface area contributed by atoms with Gasteiger partial charge >= 0.3 is 6.03 Å². The zero-order chi connectivity index (χ0) is 16.1. The lowest BCUT2D eigenvalue weighted by Crippen LogP contribution is -2.32. The average Bonchev–Trinajstić information content (AvgIpc) is 2.45. The molecule has 0 atom stereocenters. The number of anilines is 1. The molecule has 0 saturated heterocycles. The van der Waals surface area contributed by atoms with Crippen LogP contribution in [0.15, 0.2) is 36.4 Å². The first-order chi connectivity index (χ1) is 10.5. The highest BCUT2D eigenvalue weighted by Crippen LogP contribution is 2.21. The molecule has 0 bridgehead atoms. The quantitative estimate of drug-likeness (QED) is 0.820. The van der Waals surface area contributed by atoms with Gasteiger partial charge in [0.2, 0.25) is 0 Å². The van der Waals surface area contributed by atoms with E-state index in [0.29, 0.717) is 10.8 Å². The summed E-state index contributed by atoms with van der Waals surface area (Å²) in [4.78, 5) is 11.9. The summed E-state index contributed by atoms with van der Waals surface area (Å²) >= 11 is 5.79. The Hall–Kier alpha value is -2.20. The fraction of sp³-hybridized carbons (Fsp3) is 0.235. The number of rotatable bonds is 4. The Morgan fingerprint density at radius 3 is 2.27 bits per heavy atom. The number of carbonyl (C=O) groups is 1. The van der Waals surface area contributed by atoms with E-state index in [1.807, 2.05) is 32.9 Å². The predicted octanol–water partition coefficient (Wildman–Crippen LogP) is 4.42. The number of amides is 2. The monoisotopic (exact) mass is 318 g/mol. The van der Waals surface area contributed by atoms with Crippen molar-refractivity contribution >= 4 is 23.3 Å². The normalized spacial score (nSPS) is 10.2. The van der Waals surface area contributed by atoms with E-state index in [1.165, 1.54) is 5.56 Å². The van der Waals surface area contributed by atoms with E-state index in [9.17, 15) is 4.79 Å². The minimum Gasteiger partial charge on any atom is -0.473 e. The summed E-state index contributed by atoms with van der Waals surface area (Å²) in [6.07, 6.45) is 0. The van der Waals surface area contributed by atoms with Gasteiger partial charge in [-0.2, -0.15) is 0 Å². The molecular formula is C17H19ClN2O2. The van der Waals surface area contributed by atoms with Crippen LogP contribution >= 0.6 is 11.6 Å². The van der Waals surface area contributed by atoms with Crippen LogP contribution in [-0.4, -0.2) is 12.8 Å². The Morgan fingerprint density at radius 1 is 1.09 bits per heavy atom. The average molecular weight is 319 g/mol. The number of halogens is 1. The smallest absolute Gasteiger partial charge is 0.321 e. The predicted molar refractivity (Wildman–Crippen MR) is 89.8 cm³/mol. The third-order valence-corrected chi connectivity index (χ3v) is 3.45. The number of benzene rings is 2. The SMILES string of the molecule is Cc1cc(C)c(NC(=O)NCOc2ccc(Cl)cc2)c(C)c1. The molecule has 0 aliphatic carbocycles. The Bertz CT molecular complexity index is 646. The van der Waals surface area contributed by atoms with E-state index in [2.05, 4.69) is 10.6 Å². The van der Waals surface area contributed by atoms with Crippen LogP contribution in [0.25, 0.3) is 0 Å². The molecule has 0 heterocycles. The second-order valence-electron chi connectivity index (χ2n) is 5.15. The fourth-order valence-electron chi connectivity index (χ4n) is 2.25. The van der Waals surface area contributed by atoms with Gasteiger partial charge in [-0.25, -0.2) is 4.79 Å². The molecule has 0 aliphatic rings. The Balaban J connectivity index is 1.87. The summed E-state index contributed by atoms with van der Waals surface area (Å²) in [5, 5.41) is 6.15. The Labute approximate surface area is 135 Å². The van der Waals surface area contributed by atoms with Crippen LogP contribution in [-0.2, 0) is 0 Å². The van der Waals surface area contributed by atoms with Crippen LogP contribution < -0.4 is 15.4 Å². The van der Waals surface area contributed by atoms with Crippen molar-refractivity contribution in [3.8, 4) is 5.75 Å². The highest BCUT2D eigenvalue weighted by atomic mass is 35.5. The largest absolute Gasteiger partial charge is 0.473 e. The second-order valence-corrected chi connectivity index (χ2v) is 5.58. The lowest BCUT2D eigenvalue weighted by molar-refractivity contribution is 0.234. The number of hydrogen-bond donors (Lipinski definition) is 2. The minimum absolute atomic E-state index is 0.0808. The van der Waals surface area contributed by atoms with Crippen LogP contribution in [0.2, 0.25) is 5.02 Å². The van der Waals surface area contributed by atoms with Crippen molar-refractivity contribution in [2.45, 2.75) is 20.8 Å². The molecule has 2 rings (SSSR count). The summed E-state index contributed by atoms with van der Waals surface area (Å²) in [6.45, 7) is 6.06. The summed E-state index contributed by atoms with van der Waals surface area (Å²) in [5.41, 5.74) is 4.07. The summed E-state index contributed by atoms with van der Waals surface area (Å²) < 4.78 is 5.42. The van der Waals surface area contributed by atoms with E-state index in [-0.39, 0.29) is 12.8 Å². The van der Waals surface area contributed by atoms with Gasteiger partial charge in [0.1, 0.15) is 5.75 Å². The molecule has 2 N–H and O–H groups in total. The molecule has 0 unspecified atom stereocenters. The van der Waals surface area contributed by atoms with Gasteiger partial charge in [-0.1, -0.05) is 29.3 Å². The van der Waals surface area contributed by atoms with Crippen LogP contribution in [0.5, 0.6) is 5.75 Å². The first-order valence-electron chi connectivity index (χ1n) is 6.97. The molecule has 22 heavy (non-hydrogen) atoms. The summed E-state index contributed by atoms with van der Waals surface area (Å²) in [6, 6.07) is 10.7. The van der Waals surface area contributed by atoms with Gasteiger partial charge in [-0.3, -0.25) is 0 Å². The van der Waals surface area contributed by atoms with Crippen molar-refractivity contribution < 1.29 is 9.53 Å². The molecule has 2 aromatic carbocycles. The maximum Gasteiger partial charge on any atom is 0.321 e. The lowest BCUT2D eigenvalue weighted by atomic mass is 10.1. The van der Waals surface area contributed by atoms with Gasteiger partial charge < -0.3 is 15.4 Å². The van der Waals surface area contributed by atoms with Crippen molar-refractivity contribution in [1.29, 1.82) is 0 Å². The molecule has 0 radical (unpaired) electrons. The standard InChI is InChI=1S/C17H19ClN2O2/c1-11-8-12(2)16(13(3)9-11)20-17(21)19-10-22-15-6-4-14(18)5-7-15/h4-9H,10H2,1-3H3,(H2,19,20,21). The van der Waals surface area contributed by atoms with Crippen molar-refractivity contribution in [3.63, 3.8) is 0 Å². The highest BCUT2D eigenvalue weighted by Gasteiger charge is 2.07. The molecule has 0 aromatic heterocycles. The minimum atomic E-state index is -0.302. The number of urea groups is 1. The fourth-order valence-corrected chi connectivity index (χ4v) is 2.38. The van der Waals surface area contributed by atoms with Crippen LogP contribution in [0.1, 0.15) is 16.7 Å². The molecule has 2 amide bonds. The molecule has 0 fully saturated rings. The number of ether oxygens (including phenoxy) is 1.